The molecule has 126 valence electrons. The summed E-state index contributed by atoms with van der Waals surface area (Å²) in [6.07, 6.45) is 2.05. The molecular weight excluding hydrogens is 327 g/mol. The van der Waals surface area contributed by atoms with Crippen LogP contribution in [0.4, 0.5) is 4.39 Å². The van der Waals surface area contributed by atoms with Gasteiger partial charge in [-0.05, 0) is 49.2 Å². The number of carbonyl (C=O) groups is 1. The summed E-state index contributed by atoms with van der Waals surface area (Å²) in [7, 11) is 1.88. The summed E-state index contributed by atoms with van der Waals surface area (Å²) in [6.45, 7) is 0.528. The molecule has 1 aliphatic carbocycles. The topological polar surface area (TPSA) is 32.3 Å². The molecule has 1 fully saturated rings. The molecule has 3 rings (SSSR count). The zero-order valence-corrected chi connectivity index (χ0v) is 14.3. The molecule has 24 heavy (non-hydrogen) atoms. The van der Waals surface area contributed by atoms with Crippen molar-refractivity contribution in [3.05, 3.63) is 70.5 Å². The third kappa shape index (κ3) is 4.13. The Morgan fingerprint density at radius 3 is 2.54 bits per heavy atom. The minimum absolute atomic E-state index is 0.0568. The van der Waals surface area contributed by atoms with Gasteiger partial charge >= 0.3 is 0 Å². The van der Waals surface area contributed by atoms with Crippen molar-refractivity contribution in [1.29, 1.82) is 0 Å². The van der Waals surface area contributed by atoms with Crippen molar-refractivity contribution in [1.82, 2.24) is 10.2 Å². The van der Waals surface area contributed by atoms with Gasteiger partial charge in [-0.15, -0.1) is 0 Å². The summed E-state index contributed by atoms with van der Waals surface area (Å²) in [5, 5.41) is 3.71. The van der Waals surface area contributed by atoms with Crippen LogP contribution in [0.25, 0.3) is 0 Å². The van der Waals surface area contributed by atoms with E-state index in [0.29, 0.717) is 11.6 Å². The van der Waals surface area contributed by atoms with Gasteiger partial charge in [0.1, 0.15) is 11.9 Å². The van der Waals surface area contributed by atoms with E-state index in [4.69, 9.17) is 11.6 Å². The van der Waals surface area contributed by atoms with E-state index < -0.39 is 6.04 Å². The molecule has 1 amide bonds. The Hall–Kier alpha value is -1.91. The normalized spacial score (nSPS) is 15.3. The van der Waals surface area contributed by atoms with Gasteiger partial charge in [-0.3, -0.25) is 9.69 Å². The minimum Gasteiger partial charge on any atom is -0.352 e. The molecule has 3 nitrogen and oxygen atoms in total. The quantitative estimate of drug-likeness (QED) is 0.859. The first kappa shape index (κ1) is 16.9. The summed E-state index contributed by atoms with van der Waals surface area (Å²) in [5.41, 5.74) is 1.72. The van der Waals surface area contributed by atoms with Crippen LogP contribution in [0.5, 0.6) is 0 Å². The Balaban J connectivity index is 1.83. The van der Waals surface area contributed by atoms with Gasteiger partial charge in [-0.25, -0.2) is 4.39 Å². The molecule has 1 atom stereocenters. The summed E-state index contributed by atoms with van der Waals surface area (Å²) < 4.78 is 13.2. The Kier molecular flexibility index (Phi) is 5.17. The van der Waals surface area contributed by atoms with Crippen molar-refractivity contribution in [2.45, 2.75) is 31.5 Å². The number of carbonyl (C=O) groups excluding carboxylic acids is 1. The fourth-order valence-corrected chi connectivity index (χ4v) is 2.94. The Labute approximate surface area is 146 Å². The Morgan fingerprint density at radius 2 is 1.92 bits per heavy atom. The molecule has 1 saturated carbocycles. The first-order valence-corrected chi connectivity index (χ1v) is 8.42. The number of rotatable bonds is 6. The van der Waals surface area contributed by atoms with E-state index in [-0.39, 0.29) is 17.8 Å². The molecule has 0 radical (unpaired) electrons. The number of halogens is 2. The van der Waals surface area contributed by atoms with Crippen molar-refractivity contribution in [3.63, 3.8) is 0 Å². The molecule has 0 spiro atoms. The van der Waals surface area contributed by atoms with Crippen molar-refractivity contribution < 1.29 is 9.18 Å². The zero-order chi connectivity index (χ0) is 17.1. The highest BCUT2D eigenvalue weighted by atomic mass is 35.5. The van der Waals surface area contributed by atoms with Crippen LogP contribution < -0.4 is 5.32 Å². The SMILES string of the molecule is CN(Cc1ccccc1Cl)[C@@H](C(=O)NC1CC1)c1ccc(F)cc1. The number of hydrogen-bond acceptors (Lipinski definition) is 2. The molecule has 1 N–H and O–H groups in total. The average Bonchev–Trinajstić information content (AvgIpc) is 3.36. The van der Waals surface area contributed by atoms with Crippen molar-refractivity contribution in [3.8, 4) is 0 Å². The van der Waals surface area contributed by atoms with Gasteiger partial charge in [-0.1, -0.05) is 41.9 Å². The van der Waals surface area contributed by atoms with Gasteiger partial charge in [0.2, 0.25) is 5.91 Å². The fraction of sp³-hybridized carbons (Fsp3) is 0.316. The van der Waals surface area contributed by atoms with Crippen LogP contribution in [-0.4, -0.2) is 23.9 Å². The number of benzene rings is 2. The lowest BCUT2D eigenvalue weighted by atomic mass is 10.0. The van der Waals surface area contributed by atoms with Crippen molar-refractivity contribution >= 4 is 17.5 Å². The Morgan fingerprint density at radius 1 is 1.25 bits per heavy atom. The molecule has 0 unspecified atom stereocenters. The number of nitrogens with one attached hydrogen (secondary N) is 1. The molecule has 0 aromatic heterocycles. The molecule has 0 saturated heterocycles. The lowest BCUT2D eigenvalue weighted by Crippen LogP contribution is -2.39. The maximum atomic E-state index is 13.2. The van der Waals surface area contributed by atoms with E-state index in [0.717, 1.165) is 24.0 Å². The van der Waals surface area contributed by atoms with Gasteiger partial charge in [0.25, 0.3) is 0 Å². The van der Waals surface area contributed by atoms with E-state index in [1.165, 1.54) is 12.1 Å². The van der Waals surface area contributed by atoms with E-state index in [1.807, 2.05) is 36.2 Å². The standard InChI is InChI=1S/C19H20ClFN2O/c1-23(12-14-4-2-3-5-17(14)20)18(19(24)22-16-10-11-16)13-6-8-15(21)9-7-13/h2-9,16,18H,10-12H2,1H3,(H,22,24)/t18-/m1/s1. The third-order valence-electron chi connectivity index (χ3n) is 4.18. The second-order valence-electron chi connectivity index (χ2n) is 6.24. The highest BCUT2D eigenvalue weighted by Crippen LogP contribution is 2.27. The second kappa shape index (κ2) is 7.32. The fourth-order valence-electron chi connectivity index (χ4n) is 2.75. The van der Waals surface area contributed by atoms with Crippen LogP contribution in [0.1, 0.15) is 30.0 Å². The summed E-state index contributed by atoms with van der Waals surface area (Å²) in [4.78, 5) is 14.7. The molecule has 0 aliphatic heterocycles. The van der Waals surface area contributed by atoms with Gasteiger partial charge in [-0.2, -0.15) is 0 Å². The molecular formula is C19H20ClFN2O. The predicted octanol–water partition coefficient (Wildman–Crippen LogP) is 3.93. The van der Waals surface area contributed by atoms with Crippen LogP contribution >= 0.6 is 11.6 Å². The first-order valence-electron chi connectivity index (χ1n) is 8.04. The third-order valence-corrected chi connectivity index (χ3v) is 4.54. The molecule has 2 aromatic carbocycles. The van der Waals surface area contributed by atoms with Crippen LogP contribution in [0.3, 0.4) is 0 Å². The van der Waals surface area contributed by atoms with Crippen LogP contribution in [0.15, 0.2) is 48.5 Å². The lowest BCUT2D eigenvalue weighted by Gasteiger charge is -2.28. The van der Waals surface area contributed by atoms with Crippen LogP contribution in [-0.2, 0) is 11.3 Å². The van der Waals surface area contributed by atoms with Gasteiger partial charge in [0.15, 0.2) is 0 Å². The maximum absolute atomic E-state index is 13.2. The van der Waals surface area contributed by atoms with Gasteiger partial charge in [0.05, 0.1) is 0 Å². The second-order valence-corrected chi connectivity index (χ2v) is 6.65. The van der Waals surface area contributed by atoms with Crippen molar-refractivity contribution in [2.75, 3.05) is 7.05 Å². The molecule has 5 heteroatoms. The average molecular weight is 347 g/mol. The smallest absolute Gasteiger partial charge is 0.242 e. The zero-order valence-electron chi connectivity index (χ0n) is 13.5. The summed E-state index contributed by atoms with van der Waals surface area (Å²) in [5.74, 6) is -0.368. The highest BCUT2D eigenvalue weighted by molar-refractivity contribution is 6.31. The van der Waals surface area contributed by atoms with E-state index >= 15 is 0 Å². The van der Waals surface area contributed by atoms with Crippen molar-refractivity contribution in [2.24, 2.45) is 0 Å². The number of hydrogen-bond donors (Lipinski definition) is 1. The first-order chi connectivity index (χ1) is 11.5. The molecule has 0 bridgehead atoms. The van der Waals surface area contributed by atoms with E-state index in [9.17, 15) is 9.18 Å². The number of nitrogens with zero attached hydrogens (tertiary/aromatic N) is 1. The maximum Gasteiger partial charge on any atom is 0.242 e. The lowest BCUT2D eigenvalue weighted by molar-refractivity contribution is -0.126. The van der Waals surface area contributed by atoms with E-state index in [2.05, 4.69) is 5.32 Å². The number of likely N-dealkylation sites (N-methyl/N-ethyl adjacent to an activating group) is 1. The van der Waals surface area contributed by atoms with E-state index in [1.54, 1.807) is 12.1 Å². The summed E-state index contributed by atoms with van der Waals surface area (Å²) in [6, 6.07) is 13.5. The molecule has 0 heterocycles. The highest BCUT2D eigenvalue weighted by Gasteiger charge is 2.31. The summed E-state index contributed by atoms with van der Waals surface area (Å²) >= 11 is 6.24. The monoisotopic (exact) mass is 346 g/mol. The van der Waals surface area contributed by atoms with Gasteiger partial charge in [0, 0.05) is 17.6 Å². The van der Waals surface area contributed by atoms with Gasteiger partial charge < -0.3 is 5.32 Å². The Bertz CT molecular complexity index is 716. The predicted molar refractivity (Wildman–Crippen MR) is 93.2 cm³/mol. The minimum atomic E-state index is -0.484. The number of amides is 1. The molecule has 2 aromatic rings. The largest absolute Gasteiger partial charge is 0.352 e. The molecule has 1 aliphatic rings. The van der Waals surface area contributed by atoms with Crippen LogP contribution in [0.2, 0.25) is 5.02 Å². The van der Waals surface area contributed by atoms with Crippen LogP contribution in [0, 0.1) is 5.82 Å².